The van der Waals surface area contributed by atoms with E-state index in [1.165, 1.54) is 18.5 Å². The molecule has 0 aromatic heterocycles. The monoisotopic (exact) mass is 410 g/mol. The van der Waals surface area contributed by atoms with Gasteiger partial charge in [0, 0.05) is 18.8 Å². The molecule has 0 unspecified atom stereocenters. The third-order valence-corrected chi connectivity index (χ3v) is 5.78. The third kappa shape index (κ3) is 5.47. The number of methoxy groups -OCH3 is 1. The largest absolute Gasteiger partial charge is 0.493 e. The lowest BCUT2D eigenvalue weighted by Crippen LogP contribution is -2.39. The van der Waals surface area contributed by atoms with Gasteiger partial charge in [0.15, 0.2) is 17.6 Å². The Labute approximate surface area is 180 Å². The number of amides is 1. The molecule has 2 aromatic rings. The van der Waals surface area contributed by atoms with Crippen LogP contribution in [-0.4, -0.2) is 32.2 Å². The van der Waals surface area contributed by atoms with Gasteiger partial charge < -0.3 is 19.7 Å². The number of hydrogen-bond donors (Lipinski definition) is 1. The highest BCUT2D eigenvalue weighted by Crippen LogP contribution is 2.28. The van der Waals surface area contributed by atoms with Gasteiger partial charge in [-0.25, -0.2) is 0 Å². The number of hydrogen-bond acceptors (Lipinski definition) is 4. The summed E-state index contributed by atoms with van der Waals surface area (Å²) in [6.45, 7) is 8.50. The van der Waals surface area contributed by atoms with Crippen molar-refractivity contribution >= 4 is 11.6 Å². The molecule has 0 spiro atoms. The predicted octanol–water partition coefficient (Wildman–Crippen LogP) is 4.97. The number of carbonyl (C=O) groups excluding carboxylic acids is 1. The van der Waals surface area contributed by atoms with E-state index in [1.807, 2.05) is 38.1 Å². The maximum absolute atomic E-state index is 12.8. The van der Waals surface area contributed by atoms with Crippen molar-refractivity contribution < 1.29 is 14.3 Å². The number of nitrogens with zero attached hydrogens (tertiary/aromatic N) is 1. The van der Waals surface area contributed by atoms with Crippen molar-refractivity contribution in [3.8, 4) is 11.5 Å². The highest BCUT2D eigenvalue weighted by molar-refractivity contribution is 5.81. The van der Waals surface area contributed by atoms with Crippen LogP contribution < -0.4 is 19.7 Å². The first-order valence-electron chi connectivity index (χ1n) is 11.0. The Kier molecular flexibility index (Phi) is 7.61. The minimum Gasteiger partial charge on any atom is -0.493 e. The first kappa shape index (κ1) is 22.0. The molecule has 1 aliphatic heterocycles. The quantitative estimate of drug-likeness (QED) is 0.668. The fraction of sp³-hybridized carbons (Fsp3) is 0.480. The van der Waals surface area contributed by atoms with E-state index in [4.69, 9.17) is 9.47 Å². The molecule has 5 heteroatoms. The van der Waals surface area contributed by atoms with Gasteiger partial charge in [-0.3, -0.25) is 4.79 Å². The van der Waals surface area contributed by atoms with E-state index in [1.54, 1.807) is 7.11 Å². The van der Waals surface area contributed by atoms with Gasteiger partial charge >= 0.3 is 0 Å². The average molecular weight is 411 g/mol. The zero-order valence-electron chi connectivity index (χ0n) is 18.6. The maximum atomic E-state index is 12.8. The second-order valence-corrected chi connectivity index (χ2v) is 8.18. The molecule has 30 heavy (non-hydrogen) atoms. The molecule has 162 valence electrons. The summed E-state index contributed by atoms with van der Waals surface area (Å²) >= 11 is 0. The van der Waals surface area contributed by atoms with Crippen molar-refractivity contribution in [1.29, 1.82) is 0 Å². The summed E-state index contributed by atoms with van der Waals surface area (Å²) in [5.41, 5.74) is 2.35. The van der Waals surface area contributed by atoms with Gasteiger partial charge in [-0.15, -0.1) is 0 Å². The van der Waals surface area contributed by atoms with Gasteiger partial charge in [0.2, 0.25) is 0 Å². The van der Waals surface area contributed by atoms with Crippen LogP contribution in [-0.2, 0) is 4.79 Å². The SMILES string of the molecule is CC[C@H](Oc1ccccc1OC)C(=O)N[C@H](C)c1ccc(N2CCC[C@H](C)C2)cc1. The van der Waals surface area contributed by atoms with E-state index in [2.05, 4.69) is 41.4 Å². The van der Waals surface area contributed by atoms with Crippen LogP contribution in [0.5, 0.6) is 11.5 Å². The summed E-state index contributed by atoms with van der Waals surface area (Å²) in [4.78, 5) is 15.3. The van der Waals surface area contributed by atoms with Crippen molar-refractivity contribution in [1.82, 2.24) is 5.32 Å². The van der Waals surface area contributed by atoms with Gasteiger partial charge in [-0.05, 0) is 61.9 Å². The van der Waals surface area contributed by atoms with Gasteiger partial charge in [0.25, 0.3) is 5.91 Å². The molecule has 0 aliphatic carbocycles. The van der Waals surface area contributed by atoms with Crippen LogP contribution in [0.1, 0.15) is 51.6 Å². The van der Waals surface area contributed by atoms with Crippen LogP contribution in [0.15, 0.2) is 48.5 Å². The van der Waals surface area contributed by atoms with E-state index in [-0.39, 0.29) is 11.9 Å². The van der Waals surface area contributed by atoms with E-state index >= 15 is 0 Å². The zero-order chi connectivity index (χ0) is 21.5. The molecule has 1 N–H and O–H groups in total. The Morgan fingerprint density at radius 2 is 1.87 bits per heavy atom. The predicted molar refractivity (Wildman–Crippen MR) is 121 cm³/mol. The third-order valence-electron chi connectivity index (χ3n) is 5.78. The van der Waals surface area contributed by atoms with Crippen molar-refractivity contribution in [3.05, 3.63) is 54.1 Å². The summed E-state index contributed by atoms with van der Waals surface area (Å²) in [7, 11) is 1.60. The lowest BCUT2D eigenvalue weighted by Gasteiger charge is -2.33. The minimum atomic E-state index is -0.571. The van der Waals surface area contributed by atoms with Crippen LogP contribution in [0.4, 0.5) is 5.69 Å². The highest BCUT2D eigenvalue weighted by atomic mass is 16.5. The lowest BCUT2D eigenvalue weighted by atomic mass is 9.99. The number of carbonyl (C=O) groups is 1. The number of rotatable bonds is 8. The molecule has 3 rings (SSSR count). The van der Waals surface area contributed by atoms with E-state index in [0.29, 0.717) is 17.9 Å². The second kappa shape index (κ2) is 10.4. The molecule has 0 radical (unpaired) electrons. The Hall–Kier alpha value is -2.69. The number of anilines is 1. The molecule has 0 saturated carbocycles. The Balaban J connectivity index is 1.61. The smallest absolute Gasteiger partial charge is 0.261 e. The first-order valence-corrected chi connectivity index (χ1v) is 11.0. The molecular formula is C25H34N2O3. The molecular weight excluding hydrogens is 376 g/mol. The molecule has 1 aliphatic rings. The van der Waals surface area contributed by atoms with Crippen LogP contribution >= 0.6 is 0 Å². The van der Waals surface area contributed by atoms with Crippen molar-refractivity contribution in [2.24, 2.45) is 5.92 Å². The summed E-state index contributed by atoms with van der Waals surface area (Å²) in [6, 6.07) is 15.9. The number of piperidine rings is 1. The van der Waals surface area contributed by atoms with Gasteiger partial charge in [-0.2, -0.15) is 0 Å². The number of para-hydroxylation sites is 2. The van der Waals surface area contributed by atoms with Gasteiger partial charge in [0.05, 0.1) is 13.2 Å². The first-order chi connectivity index (χ1) is 14.5. The molecule has 5 nitrogen and oxygen atoms in total. The van der Waals surface area contributed by atoms with Crippen LogP contribution in [0.2, 0.25) is 0 Å². The standard InChI is InChI=1S/C25H34N2O3/c1-5-22(30-24-11-7-6-10-23(24)29-4)25(28)26-19(3)20-12-14-21(15-13-20)27-16-8-9-18(2)17-27/h6-7,10-15,18-19,22H,5,8-9,16-17H2,1-4H3,(H,26,28)/t18-,19+,22-/m0/s1. The molecule has 1 saturated heterocycles. The number of nitrogens with one attached hydrogen (secondary N) is 1. The Morgan fingerprint density at radius 1 is 1.17 bits per heavy atom. The topological polar surface area (TPSA) is 50.8 Å². The van der Waals surface area contributed by atoms with E-state index < -0.39 is 6.10 Å². The molecule has 2 aromatic carbocycles. The van der Waals surface area contributed by atoms with Crippen molar-refractivity contribution in [3.63, 3.8) is 0 Å². The summed E-state index contributed by atoms with van der Waals surface area (Å²) in [6.07, 6.45) is 2.56. The maximum Gasteiger partial charge on any atom is 0.261 e. The molecule has 0 bridgehead atoms. The number of ether oxygens (including phenoxy) is 2. The average Bonchev–Trinajstić information content (AvgIpc) is 2.77. The van der Waals surface area contributed by atoms with Crippen LogP contribution in [0.25, 0.3) is 0 Å². The minimum absolute atomic E-state index is 0.0952. The molecule has 1 fully saturated rings. The van der Waals surface area contributed by atoms with Crippen LogP contribution in [0.3, 0.4) is 0 Å². The Morgan fingerprint density at radius 3 is 2.50 bits per heavy atom. The zero-order valence-corrected chi connectivity index (χ0v) is 18.6. The molecule has 1 heterocycles. The van der Waals surface area contributed by atoms with Crippen LogP contribution in [0, 0.1) is 5.92 Å². The lowest BCUT2D eigenvalue weighted by molar-refractivity contribution is -0.128. The normalized spacial score (nSPS) is 18.4. The molecule has 1 amide bonds. The fourth-order valence-electron chi connectivity index (χ4n) is 3.98. The number of benzene rings is 2. The van der Waals surface area contributed by atoms with E-state index in [0.717, 1.165) is 24.6 Å². The van der Waals surface area contributed by atoms with Crippen molar-refractivity contribution in [2.45, 2.75) is 52.2 Å². The van der Waals surface area contributed by atoms with Gasteiger partial charge in [-0.1, -0.05) is 38.1 Å². The molecule has 3 atom stereocenters. The second-order valence-electron chi connectivity index (χ2n) is 8.18. The van der Waals surface area contributed by atoms with E-state index in [9.17, 15) is 4.79 Å². The Bertz CT molecular complexity index is 821. The fourth-order valence-corrected chi connectivity index (χ4v) is 3.98. The summed E-state index contributed by atoms with van der Waals surface area (Å²) in [5, 5.41) is 3.09. The summed E-state index contributed by atoms with van der Waals surface area (Å²) in [5.74, 6) is 1.82. The highest BCUT2D eigenvalue weighted by Gasteiger charge is 2.22. The van der Waals surface area contributed by atoms with Crippen molar-refractivity contribution in [2.75, 3.05) is 25.1 Å². The van der Waals surface area contributed by atoms with Gasteiger partial charge in [0.1, 0.15) is 0 Å². The summed E-state index contributed by atoms with van der Waals surface area (Å²) < 4.78 is 11.3.